The minimum Gasteiger partial charge on any atom is -0.467 e. The Hall–Kier alpha value is -3.54. The van der Waals surface area contributed by atoms with Crippen LogP contribution in [0.1, 0.15) is 45.3 Å². The quantitative estimate of drug-likeness (QED) is 0.602. The molecule has 2 aromatic carbocycles. The summed E-state index contributed by atoms with van der Waals surface area (Å²) in [5.74, 6) is 0.0126. The summed E-state index contributed by atoms with van der Waals surface area (Å²) < 4.78 is 5.65. The van der Waals surface area contributed by atoms with Crippen molar-refractivity contribution < 1.29 is 14.0 Å². The lowest BCUT2D eigenvalue weighted by molar-refractivity contribution is -0.115. The molecule has 32 heavy (non-hydrogen) atoms. The number of hydrogen-bond donors (Lipinski definition) is 2. The largest absolute Gasteiger partial charge is 0.467 e. The van der Waals surface area contributed by atoms with E-state index in [4.69, 9.17) is 4.42 Å². The van der Waals surface area contributed by atoms with Crippen LogP contribution in [-0.2, 0) is 17.8 Å². The van der Waals surface area contributed by atoms with E-state index in [9.17, 15) is 9.59 Å². The van der Waals surface area contributed by atoms with E-state index in [-0.39, 0.29) is 18.4 Å². The van der Waals surface area contributed by atoms with Crippen LogP contribution in [0.3, 0.4) is 0 Å². The van der Waals surface area contributed by atoms with Crippen molar-refractivity contribution in [3.63, 3.8) is 0 Å². The molecule has 3 aromatic rings. The molecule has 0 saturated carbocycles. The van der Waals surface area contributed by atoms with Gasteiger partial charge in [-0.1, -0.05) is 35.9 Å². The molecule has 6 heteroatoms. The van der Waals surface area contributed by atoms with Crippen LogP contribution in [0.15, 0.2) is 53.1 Å². The van der Waals surface area contributed by atoms with Crippen LogP contribution in [-0.4, -0.2) is 24.4 Å². The van der Waals surface area contributed by atoms with Gasteiger partial charge >= 0.3 is 0 Å². The number of fused-ring (bicyclic) bond motifs is 1. The zero-order valence-corrected chi connectivity index (χ0v) is 19.0. The molecular weight excluding hydrogens is 402 g/mol. The van der Waals surface area contributed by atoms with Gasteiger partial charge in [0, 0.05) is 17.4 Å². The van der Waals surface area contributed by atoms with Crippen LogP contribution < -0.4 is 15.5 Å². The number of amides is 2. The number of carbonyl (C=O) groups excluding carboxylic acids is 2. The molecule has 6 nitrogen and oxygen atoms in total. The first-order valence-corrected chi connectivity index (χ1v) is 10.9. The van der Waals surface area contributed by atoms with Crippen LogP contribution in [0, 0.1) is 20.8 Å². The molecule has 2 amide bonds. The van der Waals surface area contributed by atoms with E-state index in [0.29, 0.717) is 23.9 Å². The Morgan fingerprint density at radius 3 is 2.56 bits per heavy atom. The van der Waals surface area contributed by atoms with Gasteiger partial charge in [0.2, 0.25) is 5.91 Å². The molecule has 1 atom stereocenters. The fourth-order valence-corrected chi connectivity index (χ4v) is 4.51. The average molecular weight is 432 g/mol. The van der Waals surface area contributed by atoms with Crippen molar-refractivity contribution in [3.05, 3.63) is 82.3 Å². The number of nitrogens with one attached hydrogen (secondary N) is 2. The molecule has 0 radical (unpaired) electrons. The first kappa shape index (κ1) is 21.7. The number of anilines is 2. The molecule has 1 aromatic heterocycles. The highest BCUT2D eigenvalue weighted by atomic mass is 16.3. The van der Waals surface area contributed by atoms with E-state index in [1.807, 2.05) is 45.0 Å². The number of para-hydroxylation sites is 1. The molecule has 4 rings (SSSR count). The van der Waals surface area contributed by atoms with Crippen molar-refractivity contribution >= 4 is 23.2 Å². The van der Waals surface area contributed by atoms with Crippen molar-refractivity contribution in [1.29, 1.82) is 0 Å². The van der Waals surface area contributed by atoms with E-state index < -0.39 is 0 Å². The van der Waals surface area contributed by atoms with E-state index in [1.165, 1.54) is 17.5 Å². The summed E-state index contributed by atoms with van der Waals surface area (Å²) in [6.45, 7) is 8.51. The molecule has 2 heterocycles. The second-order valence-electron chi connectivity index (χ2n) is 8.57. The zero-order chi connectivity index (χ0) is 22.8. The smallest absolute Gasteiger partial charge is 0.255 e. The highest BCUT2D eigenvalue weighted by Crippen LogP contribution is 2.33. The number of rotatable bonds is 6. The van der Waals surface area contributed by atoms with Crippen molar-refractivity contribution in [2.75, 3.05) is 16.8 Å². The minimum absolute atomic E-state index is 0.112. The number of carbonyl (C=O) groups is 2. The molecule has 1 unspecified atom stereocenters. The Morgan fingerprint density at radius 1 is 1.09 bits per heavy atom. The monoisotopic (exact) mass is 431 g/mol. The second-order valence-corrected chi connectivity index (χ2v) is 8.57. The Bertz CT molecular complexity index is 1140. The maximum absolute atomic E-state index is 12.8. The lowest BCUT2D eigenvalue weighted by Crippen LogP contribution is -2.34. The van der Waals surface area contributed by atoms with Gasteiger partial charge in [-0.05, 0) is 62.9 Å². The number of hydrogen-bond acceptors (Lipinski definition) is 4. The third-order valence-corrected chi connectivity index (χ3v) is 6.00. The summed E-state index contributed by atoms with van der Waals surface area (Å²) in [6, 6.07) is 14.3. The van der Waals surface area contributed by atoms with Crippen LogP contribution >= 0.6 is 0 Å². The van der Waals surface area contributed by atoms with Gasteiger partial charge in [0.15, 0.2) is 0 Å². The summed E-state index contributed by atoms with van der Waals surface area (Å²) in [5.41, 5.74) is 6.87. The number of benzene rings is 2. The average Bonchev–Trinajstić information content (AvgIpc) is 3.33. The van der Waals surface area contributed by atoms with Crippen molar-refractivity contribution in [2.45, 2.75) is 46.7 Å². The summed E-state index contributed by atoms with van der Waals surface area (Å²) in [4.78, 5) is 27.5. The van der Waals surface area contributed by atoms with Crippen molar-refractivity contribution in [1.82, 2.24) is 5.32 Å². The molecule has 166 valence electrons. The predicted octanol–water partition coefficient (Wildman–Crippen LogP) is 4.52. The Morgan fingerprint density at radius 2 is 1.81 bits per heavy atom. The first-order chi connectivity index (χ1) is 15.3. The number of aryl methyl sites for hydroxylation is 3. The lowest BCUT2D eigenvalue weighted by Gasteiger charge is -2.24. The maximum atomic E-state index is 12.8. The molecule has 1 aliphatic rings. The molecule has 2 N–H and O–H groups in total. The third-order valence-electron chi connectivity index (χ3n) is 6.00. The van der Waals surface area contributed by atoms with Crippen LogP contribution in [0.5, 0.6) is 0 Å². The summed E-state index contributed by atoms with van der Waals surface area (Å²) in [7, 11) is 0. The minimum atomic E-state index is -0.318. The zero-order valence-electron chi connectivity index (χ0n) is 19.0. The number of nitrogens with zero attached hydrogens (tertiary/aromatic N) is 1. The van der Waals surface area contributed by atoms with Gasteiger partial charge in [-0.15, -0.1) is 0 Å². The summed E-state index contributed by atoms with van der Waals surface area (Å²) >= 11 is 0. The fraction of sp³-hybridized carbons (Fsp3) is 0.308. The molecule has 0 fully saturated rings. The standard InChI is InChI=1S/C26H29N3O3/c1-16-11-17(2)25(18(3)12-16)28-24(30)14-27-26(31)21-9-10-32-23(21)15-29-19(4)13-20-7-5-6-8-22(20)29/h5-12,19H,13-15H2,1-4H3,(H,27,31)(H,28,30). The highest BCUT2D eigenvalue weighted by molar-refractivity contribution is 6.00. The molecule has 0 spiro atoms. The second kappa shape index (κ2) is 8.91. The van der Waals surface area contributed by atoms with E-state index in [0.717, 1.165) is 28.8 Å². The van der Waals surface area contributed by atoms with E-state index >= 15 is 0 Å². The van der Waals surface area contributed by atoms with Crippen LogP contribution in [0.4, 0.5) is 11.4 Å². The normalized spacial score (nSPS) is 14.9. The molecule has 0 saturated heterocycles. The Balaban J connectivity index is 1.39. The molecular formula is C26H29N3O3. The summed E-state index contributed by atoms with van der Waals surface area (Å²) in [5, 5.41) is 5.63. The van der Waals surface area contributed by atoms with Crippen molar-refractivity contribution in [2.24, 2.45) is 0 Å². The van der Waals surface area contributed by atoms with Gasteiger partial charge in [0.1, 0.15) is 5.76 Å². The van der Waals surface area contributed by atoms with Gasteiger partial charge in [-0.2, -0.15) is 0 Å². The molecule has 0 aliphatic carbocycles. The van der Waals surface area contributed by atoms with Gasteiger partial charge in [0.25, 0.3) is 5.91 Å². The van der Waals surface area contributed by atoms with Crippen molar-refractivity contribution in [3.8, 4) is 0 Å². The molecule has 0 bridgehead atoms. The SMILES string of the molecule is Cc1cc(C)c(NC(=O)CNC(=O)c2ccoc2CN2c3ccccc3CC2C)c(C)c1. The topological polar surface area (TPSA) is 74.6 Å². The number of furan rings is 1. The first-order valence-electron chi connectivity index (χ1n) is 10.9. The summed E-state index contributed by atoms with van der Waals surface area (Å²) in [6.07, 6.45) is 2.49. The lowest BCUT2D eigenvalue weighted by atomic mass is 10.1. The highest BCUT2D eigenvalue weighted by Gasteiger charge is 2.28. The van der Waals surface area contributed by atoms with E-state index in [2.05, 4.69) is 34.6 Å². The third kappa shape index (κ3) is 4.40. The van der Waals surface area contributed by atoms with Gasteiger partial charge in [0.05, 0.1) is 24.9 Å². The predicted molar refractivity (Wildman–Crippen MR) is 126 cm³/mol. The van der Waals surface area contributed by atoms with Gasteiger partial charge in [-0.25, -0.2) is 0 Å². The van der Waals surface area contributed by atoms with Gasteiger partial charge in [-0.3, -0.25) is 9.59 Å². The van der Waals surface area contributed by atoms with E-state index in [1.54, 1.807) is 6.07 Å². The molecule has 1 aliphatic heterocycles. The fourth-order valence-electron chi connectivity index (χ4n) is 4.51. The Labute approximate surface area is 188 Å². The van der Waals surface area contributed by atoms with Crippen LogP contribution in [0.2, 0.25) is 0 Å². The maximum Gasteiger partial charge on any atom is 0.255 e. The van der Waals surface area contributed by atoms with Gasteiger partial charge < -0.3 is 20.0 Å². The Kier molecular flexibility index (Phi) is 6.04. The van der Waals surface area contributed by atoms with Crippen LogP contribution in [0.25, 0.3) is 0 Å².